The first kappa shape index (κ1) is 20.6. The van der Waals surface area contributed by atoms with Gasteiger partial charge in [0.15, 0.2) is 19.0 Å². The Balaban J connectivity index is 1.24. The number of rotatable bonds is 7. The minimum Gasteiger partial charge on any atom is -0.482 e. The number of anilines is 2. The van der Waals surface area contributed by atoms with E-state index in [1.165, 1.54) is 0 Å². The van der Waals surface area contributed by atoms with Crippen LogP contribution in [0.4, 0.5) is 11.4 Å². The molecule has 0 saturated carbocycles. The van der Waals surface area contributed by atoms with Crippen molar-refractivity contribution in [2.45, 2.75) is 25.7 Å². The van der Waals surface area contributed by atoms with Crippen molar-refractivity contribution in [1.29, 1.82) is 0 Å². The summed E-state index contributed by atoms with van der Waals surface area (Å²) in [6, 6.07) is 11.9. The second-order valence-electron chi connectivity index (χ2n) is 7.44. The SMILES string of the molecule is O=C1CCc2cc(OCC(=O)OCC(=O)c3ccc(N4CCCC4=O)cc3)ccc2N1. The van der Waals surface area contributed by atoms with Crippen LogP contribution in [0.5, 0.6) is 5.75 Å². The van der Waals surface area contributed by atoms with Crippen molar-refractivity contribution in [1.82, 2.24) is 0 Å². The quantitative estimate of drug-likeness (QED) is 0.543. The average Bonchev–Trinajstić information content (AvgIpc) is 3.22. The number of aryl methyl sites for hydroxylation is 1. The number of fused-ring (bicyclic) bond motifs is 1. The Morgan fingerprint density at radius 3 is 2.52 bits per heavy atom. The van der Waals surface area contributed by atoms with Crippen molar-refractivity contribution in [3.8, 4) is 5.75 Å². The van der Waals surface area contributed by atoms with Gasteiger partial charge < -0.3 is 19.7 Å². The molecule has 2 aromatic rings. The molecular weight excluding hydrogens is 400 g/mol. The monoisotopic (exact) mass is 422 g/mol. The summed E-state index contributed by atoms with van der Waals surface area (Å²) >= 11 is 0. The molecule has 0 unspecified atom stereocenters. The molecule has 2 heterocycles. The van der Waals surface area contributed by atoms with Gasteiger partial charge in [-0.1, -0.05) is 0 Å². The molecule has 31 heavy (non-hydrogen) atoms. The zero-order valence-electron chi connectivity index (χ0n) is 16.9. The third kappa shape index (κ3) is 4.91. The summed E-state index contributed by atoms with van der Waals surface area (Å²) in [6.07, 6.45) is 2.40. The Morgan fingerprint density at radius 2 is 1.77 bits per heavy atom. The van der Waals surface area contributed by atoms with Gasteiger partial charge in [0.05, 0.1) is 0 Å². The molecule has 1 fully saturated rings. The molecule has 2 amide bonds. The maximum absolute atomic E-state index is 12.3. The lowest BCUT2D eigenvalue weighted by Crippen LogP contribution is -2.23. The number of ether oxygens (including phenoxy) is 2. The van der Waals surface area contributed by atoms with E-state index < -0.39 is 5.97 Å². The number of esters is 1. The molecule has 2 aromatic carbocycles. The maximum Gasteiger partial charge on any atom is 0.344 e. The minimum absolute atomic E-state index is 0.0198. The number of Topliss-reactive ketones (excluding diaryl/α,β-unsaturated/α-hetero) is 1. The lowest BCUT2D eigenvalue weighted by molar-refractivity contribution is -0.144. The molecule has 0 atom stereocenters. The number of nitrogens with one attached hydrogen (secondary N) is 1. The Morgan fingerprint density at radius 1 is 0.968 bits per heavy atom. The molecule has 0 aromatic heterocycles. The second kappa shape index (κ2) is 8.99. The molecule has 160 valence electrons. The van der Waals surface area contributed by atoms with Crippen LogP contribution in [0.15, 0.2) is 42.5 Å². The Labute approximate surface area is 179 Å². The summed E-state index contributed by atoms with van der Waals surface area (Å²) in [5, 5.41) is 2.78. The number of ketones is 1. The van der Waals surface area contributed by atoms with Crippen LogP contribution >= 0.6 is 0 Å². The van der Waals surface area contributed by atoms with E-state index in [9.17, 15) is 19.2 Å². The summed E-state index contributed by atoms with van der Waals surface area (Å²) in [7, 11) is 0. The predicted octanol–water partition coefficient (Wildman–Crippen LogP) is 2.50. The van der Waals surface area contributed by atoms with Crippen LogP contribution in [0.25, 0.3) is 0 Å². The van der Waals surface area contributed by atoms with E-state index in [0.29, 0.717) is 37.1 Å². The first-order valence-corrected chi connectivity index (χ1v) is 10.1. The summed E-state index contributed by atoms with van der Waals surface area (Å²) in [6.45, 7) is -0.0303. The summed E-state index contributed by atoms with van der Waals surface area (Å²) in [5.74, 6) is -0.439. The Hall–Kier alpha value is -3.68. The third-order valence-corrected chi connectivity index (χ3v) is 5.27. The topological polar surface area (TPSA) is 102 Å². The van der Waals surface area contributed by atoms with Gasteiger partial charge in [-0.05, 0) is 60.9 Å². The average molecular weight is 422 g/mol. The van der Waals surface area contributed by atoms with Crippen molar-refractivity contribution in [2.75, 3.05) is 30.0 Å². The van der Waals surface area contributed by atoms with Gasteiger partial charge in [0.1, 0.15) is 5.75 Å². The van der Waals surface area contributed by atoms with Crippen LogP contribution in [0, 0.1) is 0 Å². The number of amides is 2. The van der Waals surface area contributed by atoms with E-state index >= 15 is 0 Å². The fraction of sp³-hybridized carbons (Fsp3) is 0.304. The molecule has 0 spiro atoms. The van der Waals surface area contributed by atoms with Gasteiger partial charge in [-0.15, -0.1) is 0 Å². The van der Waals surface area contributed by atoms with Crippen LogP contribution in [0.2, 0.25) is 0 Å². The molecule has 0 aliphatic carbocycles. The van der Waals surface area contributed by atoms with E-state index in [4.69, 9.17) is 9.47 Å². The molecule has 8 heteroatoms. The van der Waals surface area contributed by atoms with E-state index in [2.05, 4.69) is 5.32 Å². The molecule has 0 radical (unpaired) electrons. The molecule has 2 aliphatic heterocycles. The van der Waals surface area contributed by atoms with Crippen molar-refractivity contribution >= 4 is 34.9 Å². The summed E-state index contributed by atoms with van der Waals surface area (Å²) < 4.78 is 10.5. The van der Waals surface area contributed by atoms with Crippen LogP contribution in [-0.4, -0.2) is 43.3 Å². The van der Waals surface area contributed by atoms with Gasteiger partial charge in [-0.3, -0.25) is 14.4 Å². The van der Waals surface area contributed by atoms with Gasteiger partial charge >= 0.3 is 5.97 Å². The highest BCUT2D eigenvalue weighted by Crippen LogP contribution is 2.27. The molecule has 2 aliphatic rings. The van der Waals surface area contributed by atoms with Gasteiger partial charge in [0.25, 0.3) is 0 Å². The van der Waals surface area contributed by atoms with Gasteiger partial charge in [-0.2, -0.15) is 0 Å². The van der Waals surface area contributed by atoms with Crippen molar-refractivity contribution in [3.05, 3.63) is 53.6 Å². The largest absolute Gasteiger partial charge is 0.482 e. The first-order chi connectivity index (χ1) is 15.0. The number of hydrogen-bond donors (Lipinski definition) is 1. The fourth-order valence-electron chi connectivity index (χ4n) is 3.61. The summed E-state index contributed by atoms with van der Waals surface area (Å²) in [5.41, 5.74) is 2.85. The second-order valence-corrected chi connectivity index (χ2v) is 7.44. The van der Waals surface area contributed by atoms with Crippen molar-refractivity contribution in [3.63, 3.8) is 0 Å². The van der Waals surface area contributed by atoms with Gasteiger partial charge in [0, 0.05) is 36.3 Å². The lowest BCUT2D eigenvalue weighted by Gasteiger charge is -2.17. The van der Waals surface area contributed by atoms with E-state index in [-0.39, 0.29) is 30.8 Å². The first-order valence-electron chi connectivity index (χ1n) is 10.1. The Bertz CT molecular complexity index is 1030. The van der Waals surface area contributed by atoms with Crippen molar-refractivity contribution in [2.24, 2.45) is 0 Å². The van der Waals surface area contributed by atoms with E-state index in [1.54, 1.807) is 47.4 Å². The zero-order valence-corrected chi connectivity index (χ0v) is 16.9. The highest BCUT2D eigenvalue weighted by atomic mass is 16.6. The Kier molecular flexibility index (Phi) is 5.97. The number of benzene rings is 2. The van der Waals surface area contributed by atoms with E-state index in [1.807, 2.05) is 0 Å². The third-order valence-electron chi connectivity index (χ3n) is 5.27. The number of hydrogen-bond acceptors (Lipinski definition) is 6. The molecule has 1 saturated heterocycles. The van der Waals surface area contributed by atoms with Crippen LogP contribution in [0.3, 0.4) is 0 Å². The number of carbonyl (C=O) groups is 4. The van der Waals surface area contributed by atoms with E-state index in [0.717, 1.165) is 23.4 Å². The van der Waals surface area contributed by atoms with Gasteiger partial charge in [-0.25, -0.2) is 4.79 Å². The van der Waals surface area contributed by atoms with Crippen LogP contribution in [0.1, 0.15) is 35.2 Å². The molecule has 8 nitrogen and oxygen atoms in total. The van der Waals surface area contributed by atoms with Crippen LogP contribution < -0.4 is 15.0 Å². The zero-order chi connectivity index (χ0) is 21.8. The molecule has 1 N–H and O–H groups in total. The standard InChI is InChI=1S/C23H22N2O6/c26-20(15-3-6-17(7-4-15)25-11-1-2-22(25)28)13-31-23(29)14-30-18-8-9-19-16(12-18)5-10-21(27)24-19/h3-4,6-9,12H,1-2,5,10-11,13-14H2,(H,24,27). The smallest absolute Gasteiger partial charge is 0.344 e. The van der Waals surface area contributed by atoms with Crippen molar-refractivity contribution < 1.29 is 28.7 Å². The highest BCUT2D eigenvalue weighted by Gasteiger charge is 2.22. The molecule has 4 rings (SSSR count). The highest BCUT2D eigenvalue weighted by molar-refractivity contribution is 5.99. The summed E-state index contributed by atoms with van der Waals surface area (Å²) in [4.78, 5) is 49.1. The normalized spacial score (nSPS) is 15.3. The molecular formula is C23H22N2O6. The minimum atomic E-state index is -0.654. The number of nitrogens with zero attached hydrogens (tertiary/aromatic N) is 1. The molecule has 0 bridgehead atoms. The fourth-order valence-corrected chi connectivity index (χ4v) is 3.61. The predicted molar refractivity (Wildman–Crippen MR) is 112 cm³/mol. The number of carbonyl (C=O) groups excluding carboxylic acids is 4. The maximum atomic E-state index is 12.3. The van der Waals surface area contributed by atoms with Gasteiger partial charge in [0.2, 0.25) is 11.8 Å². The lowest BCUT2D eigenvalue weighted by atomic mass is 10.0. The van der Waals surface area contributed by atoms with Crippen LogP contribution in [-0.2, 0) is 25.5 Å².